The Morgan fingerprint density at radius 1 is 1.55 bits per heavy atom. The van der Waals surface area contributed by atoms with Gasteiger partial charge in [-0.3, -0.25) is 0 Å². The van der Waals surface area contributed by atoms with E-state index in [0.717, 1.165) is 36.4 Å². The van der Waals surface area contributed by atoms with Crippen LogP contribution >= 0.6 is 0 Å². The van der Waals surface area contributed by atoms with Gasteiger partial charge in [0.15, 0.2) is 5.82 Å². The molecule has 0 amide bonds. The first-order valence-electron chi connectivity index (χ1n) is 6.95. The maximum absolute atomic E-state index is 12.1. The summed E-state index contributed by atoms with van der Waals surface area (Å²) in [5.41, 5.74) is 1.87. The zero-order valence-corrected chi connectivity index (χ0v) is 11.7. The number of hydrogen-bond donors (Lipinski definition) is 0. The number of nitrogens with zero attached hydrogens (tertiary/aromatic N) is 4. The van der Waals surface area contributed by atoms with Gasteiger partial charge in [-0.2, -0.15) is 5.10 Å². The van der Waals surface area contributed by atoms with Gasteiger partial charge in [0.2, 0.25) is 0 Å². The first-order valence-corrected chi connectivity index (χ1v) is 6.95. The van der Waals surface area contributed by atoms with Crippen LogP contribution in [0.4, 0.5) is 5.82 Å². The summed E-state index contributed by atoms with van der Waals surface area (Å²) >= 11 is 0. The molecule has 1 unspecified atom stereocenters. The fraction of sp³-hybridized carbons (Fsp3) is 0.500. The van der Waals surface area contributed by atoms with E-state index in [1.807, 2.05) is 31.0 Å². The molecule has 3 heterocycles. The van der Waals surface area contributed by atoms with Gasteiger partial charge in [0.1, 0.15) is 11.6 Å². The van der Waals surface area contributed by atoms with Gasteiger partial charge in [-0.25, -0.2) is 14.3 Å². The first-order chi connectivity index (χ1) is 9.70. The first kappa shape index (κ1) is 12.9. The molecule has 1 saturated heterocycles. The number of carbonyl (C=O) groups excluding carboxylic acids is 1. The lowest BCUT2D eigenvalue weighted by atomic mass is 10.2. The normalized spacial score (nSPS) is 18.7. The van der Waals surface area contributed by atoms with E-state index < -0.39 is 0 Å². The maximum atomic E-state index is 12.1. The van der Waals surface area contributed by atoms with Crippen molar-refractivity contribution in [2.45, 2.75) is 32.7 Å². The summed E-state index contributed by atoms with van der Waals surface area (Å²) in [7, 11) is 0. The molecule has 0 radical (unpaired) electrons. The fourth-order valence-electron chi connectivity index (χ4n) is 2.76. The molecule has 1 fully saturated rings. The van der Waals surface area contributed by atoms with Crippen LogP contribution in [0.2, 0.25) is 0 Å². The Kier molecular flexibility index (Phi) is 3.30. The third-order valence-electron chi connectivity index (χ3n) is 3.58. The fourth-order valence-corrected chi connectivity index (χ4v) is 2.76. The minimum absolute atomic E-state index is 0.162. The number of aryl methyl sites for hydroxylation is 1. The largest absolute Gasteiger partial charge is 0.464 e. The average Bonchev–Trinajstić information content (AvgIpc) is 3.03. The summed E-state index contributed by atoms with van der Waals surface area (Å²) in [4.78, 5) is 18.5. The number of carbonyl (C=O) groups is 1. The van der Waals surface area contributed by atoms with Gasteiger partial charge in [-0.15, -0.1) is 0 Å². The number of fused-ring (bicyclic) bond motifs is 1. The van der Waals surface area contributed by atoms with Crippen LogP contribution in [0.1, 0.15) is 25.5 Å². The van der Waals surface area contributed by atoms with Gasteiger partial charge < -0.3 is 9.64 Å². The number of aromatic nitrogens is 3. The van der Waals surface area contributed by atoms with Crippen LogP contribution in [0.5, 0.6) is 0 Å². The van der Waals surface area contributed by atoms with E-state index in [-0.39, 0.29) is 12.0 Å². The van der Waals surface area contributed by atoms with E-state index in [0.29, 0.717) is 6.61 Å². The van der Waals surface area contributed by atoms with E-state index in [1.54, 1.807) is 10.7 Å². The minimum Gasteiger partial charge on any atom is -0.464 e. The van der Waals surface area contributed by atoms with Crippen LogP contribution in [0, 0.1) is 6.92 Å². The lowest BCUT2D eigenvalue weighted by Crippen LogP contribution is -2.38. The van der Waals surface area contributed by atoms with Crippen LogP contribution in [-0.4, -0.2) is 39.8 Å². The number of ether oxygens (including phenoxy) is 1. The lowest BCUT2D eigenvalue weighted by Gasteiger charge is -2.24. The van der Waals surface area contributed by atoms with Crippen LogP contribution in [0.15, 0.2) is 18.5 Å². The van der Waals surface area contributed by atoms with Crippen molar-refractivity contribution >= 4 is 17.3 Å². The molecule has 0 N–H and O–H groups in total. The second-order valence-corrected chi connectivity index (χ2v) is 4.97. The van der Waals surface area contributed by atoms with Gasteiger partial charge in [-0.05, 0) is 32.8 Å². The van der Waals surface area contributed by atoms with Crippen molar-refractivity contribution < 1.29 is 9.53 Å². The van der Waals surface area contributed by atoms with E-state index >= 15 is 0 Å². The SMILES string of the molecule is CCOC(=O)C1CCCN1c1nccn2nc(C)cc12. The van der Waals surface area contributed by atoms with Gasteiger partial charge in [0.25, 0.3) is 0 Å². The Bertz CT molecular complexity index is 637. The van der Waals surface area contributed by atoms with Gasteiger partial charge >= 0.3 is 5.97 Å². The third kappa shape index (κ3) is 2.11. The summed E-state index contributed by atoms with van der Waals surface area (Å²) in [6.45, 7) is 5.01. The molecular weight excluding hydrogens is 256 g/mol. The summed E-state index contributed by atoms with van der Waals surface area (Å²) in [5, 5.41) is 4.39. The molecule has 0 aromatic carbocycles. The molecule has 0 spiro atoms. The van der Waals surface area contributed by atoms with Crippen LogP contribution in [0.3, 0.4) is 0 Å². The van der Waals surface area contributed by atoms with Gasteiger partial charge in [0.05, 0.1) is 12.3 Å². The lowest BCUT2D eigenvalue weighted by molar-refractivity contribution is -0.144. The average molecular weight is 274 g/mol. The zero-order chi connectivity index (χ0) is 14.1. The number of anilines is 1. The molecule has 3 rings (SSSR count). The number of rotatable bonds is 3. The van der Waals surface area contributed by atoms with Gasteiger partial charge in [-0.1, -0.05) is 0 Å². The Hall–Kier alpha value is -2.11. The summed E-state index contributed by atoms with van der Waals surface area (Å²) < 4.78 is 6.97. The molecule has 1 aliphatic heterocycles. The molecule has 106 valence electrons. The Morgan fingerprint density at radius 2 is 2.40 bits per heavy atom. The Labute approximate surface area is 117 Å². The quantitative estimate of drug-likeness (QED) is 0.795. The predicted molar refractivity (Wildman–Crippen MR) is 74.7 cm³/mol. The van der Waals surface area contributed by atoms with E-state index in [2.05, 4.69) is 10.1 Å². The molecule has 0 saturated carbocycles. The molecule has 6 heteroatoms. The molecular formula is C14H18N4O2. The maximum Gasteiger partial charge on any atom is 0.328 e. The smallest absolute Gasteiger partial charge is 0.328 e. The predicted octanol–water partition coefficient (Wildman–Crippen LogP) is 1.57. The van der Waals surface area contributed by atoms with Crippen molar-refractivity contribution in [1.29, 1.82) is 0 Å². The van der Waals surface area contributed by atoms with Crippen molar-refractivity contribution in [2.24, 2.45) is 0 Å². The van der Waals surface area contributed by atoms with Crippen molar-refractivity contribution in [1.82, 2.24) is 14.6 Å². The highest BCUT2D eigenvalue weighted by molar-refractivity contribution is 5.83. The topological polar surface area (TPSA) is 59.7 Å². The van der Waals surface area contributed by atoms with E-state index in [9.17, 15) is 4.79 Å². The van der Waals surface area contributed by atoms with Crippen LogP contribution in [0.25, 0.3) is 5.52 Å². The van der Waals surface area contributed by atoms with Crippen molar-refractivity contribution in [2.75, 3.05) is 18.1 Å². The second kappa shape index (κ2) is 5.11. The Balaban J connectivity index is 1.99. The van der Waals surface area contributed by atoms with Crippen molar-refractivity contribution in [3.05, 3.63) is 24.2 Å². The number of esters is 1. The van der Waals surface area contributed by atoms with Crippen molar-refractivity contribution in [3.8, 4) is 0 Å². The molecule has 2 aromatic rings. The molecule has 0 bridgehead atoms. The summed E-state index contributed by atoms with van der Waals surface area (Å²) in [5.74, 6) is 0.647. The molecule has 1 aliphatic rings. The van der Waals surface area contributed by atoms with E-state index in [1.165, 1.54) is 0 Å². The summed E-state index contributed by atoms with van der Waals surface area (Å²) in [6, 6.07) is 1.76. The van der Waals surface area contributed by atoms with Gasteiger partial charge in [0, 0.05) is 18.9 Å². The van der Waals surface area contributed by atoms with Crippen molar-refractivity contribution in [3.63, 3.8) is 0 Å². The van der Waals surface area contributed by atoms with Crippen LogP contribution in [-0.2, 0) is 9.53 Å². The standard InChI is InChI=1S/C14H18N4O2/c1-3-20-14(19)11-5-4-7-17(11)13-12-9-10(2)16-18(12)8-6-15-13/h6,8-9,11H,3-5,7H2,1-2H3. The highest BCUT2D eigenvalue weighted by atomic mass is 16.5. The molecule has 20 heavy (non-hydrogen) atoms. The molecule has 1 atom stereocenters. The monoisotopic (exact) mass is 274 g/mol. The van der Waals surface area contributed by atoms with E-state index in [4.69, 9.17) is 4.74 Å². The molecule has 0 aliphatic carbocycles. The highest BCUT2D eigenvalue weighted by Gasteiger charge is 2.33. The minimum atomic E-state index is -0.233. The zero-order valence-electron chi connectivity index (χ0n) is 11.7. The third-order valence-corrected chi connectivity index (χ3v) is 3.58. The number of hydrogen-bond acceptors (Lipinski definition) is 5. The molecule has 2 aromatic heterocycles. The summed E-state index contributed by atoms with van der Waals surface area (Å²) in [6.07, 6.45) is 5.32. The highest BCUT2D eigenvalue weighted by Crippen LogP contribution is 2.28. The molecule has 6 nitrogen and oxygen atoms in total. The van der Waals surface area contributed by atoms with Crippen LogP contribution < -0.4 is 4.90 Å². The second-order valence-electron chi connectivity index (χ2n) is 4.97. The Morgan fingerprint density at radius 3 is 3.20 bits per heavy atom.